The van der Waals surface area contributed by atoms with E-state index in [1.54, 1.807) is 0 Å². The molecule has 2 aliphatic rings. The molecule has 0 amide bonds. The van der Waals surface area contributed by atoms with Crippen molar-refractivity contribution in [3.63, 3.8) is 0 Å². The predicted molar refractivity (Wildman–Crippen MR) is 90.7 cm³/mol. The lowest BCUT2D eigenvalue weighted by Crippen LogP contribution is -2.29. The Morgan fingerprint density at radius 2 is 1.52 bits per heavy atom. The van der Waals surface area contributed by atoms with E-state index in [4.69, 9.17) is 0 Å². The fourth-order valence-corrected chi connectivity index (χ4v) is 3.90. The van der Waals surface area contributed by atoms with E-state index in [2.05, 4.69) is 62.2 Å². The van der Waals surface area contributed by atoms with Crippen LogP contribution in [0.1, 0.15) is 52.5 Å². The molecule has 1 aromatic rings. The molecule has 0 atom stereocenters. The van der Waals surface area contributed by atoms with Crippen molar-refractivity contribution < 1.29 is 0 Å². The highest BCUT2D eigenvalue weighted by molar-refractivity contribution is 5.47. The summed E-state index contributed by atoms with van der Waals surface area (Å²) in [5.41, 5.74) is 3.63. The normalized spacial score (nSPS) is 24.1. The SMILES string of the molecule is CC1(C)C(NCc2ccc(N3CCCCC3)cc2)C1(C)C. The molecule has 0 spiro atoms. The Morgan fingerprint density at radius 3 is 2.05 bits per heavy atom. The van der Waals surface area contributed by atoms with Gasteiger partial charge in [-0.2, -0.15) is 0 Å². The summed E-state index contributed by atoms with van der Waals surface area (Å²) in [6.45, 7) is 12.9. The van der Waals surface area contributed by atoms with Crippen LogP contribution < -0.4 is 10.2 Å². The summed E-state index contributed by atoms with van der Waals surface area (Å²) < 4.78 is 0. The lowest BCUT2D eigenvalue weighted by molar-refractivity contribution is 0.457. The zero-order valence-electron chi connectivity index (χ0n) is 14.1. The topological polar surface area (TPSA) is 15.3 Å². The molecule has 1 saturated heterocycles. The van der Waals surface area contributed by atoms with Crippen molar-refractivity contribution in [2.24, 2.45) is 10.8 Å². The summed E-state index contributed by atoms with van der Waals surface area (Å²) in [7, 11) is 0. The van der Waals surface area contributed by atoms with E-state index in [0.29, 0.717) is 16.9 Å². The van der Waals surface area contributed by atoms with E-state index in [-0.39, 0.29) is 0 Å². The first kappa shape index (κ1) is 14.9. The van der Waals surface area contributed by atoms with Crippen molar-refractivity contribution in [3.05, 3.63) is 29.8 Å². The lowest BCUT2D eigenvalue weighted by Gasteiger charge is -2.28. The van der Waals surface area contributed by atoms with Crippen LogP contribution >= 0.6 is 0 Å². The fourth-order valence-electron chi connectivity index (χ4n) is 3.90. The smallest absolute Gasteiger partial charge is 0.0366 e. The molecular weight excluding hydrogens is 256 g/mol. The monoisotopic (exact) mass is 286 g/mol. The number of hydrogen-bond acceptors (Lipinski definition) is 2. The van der Waals surface area contributed by atoms with Crippen LogP contribution in [0.25, 0.3) is 0 Å². The van der Waals surface area contributed by atoms with Crippen LogP contribution in [0.15, 0.2) is 24.3 Å². The molecule has 1 aliphatic carbocycles. The van der Waals surface area contributed by atoms with Crippen LogP contribution in [0.4, 0.5) is 5.69 Å². The van der Waals surface area contributed by atoms with Gasteiger partial charge in [0.2, 0.25) is 0 Å². The maximum atomic E-state index is 3.74. The summed E-state index contributed by atoms with van der Waals surface area (Å²) >= 11 is 0. The maximum absolute atomic E-state index is 3.74. The number of piperidine rings is 1. The number of rotatable bonds is 4. The molecule has 3 rings (SSSR count). The first-order valence-electron chi connectivity index (χ1n) is 8.50. The summed E-state index contributed by atoms with van der Waals surface area (Å²) in [6, 6.07) is 9.81. The molecule has 2 fully saturated rings. The second-order valence-corrected chi connectivity index (χ2v) is 7.97. The molecule has 1 aromatic carbocycles. The van der Waals surface area contributed by atoms with Crippen molar-refractivity contribution in [3.8, 4) is 0 Å². The largest absolute Gasteiger partial charge is 0.372 e. The molecule has 0 radical (unpaired) electrons. The van der Waals surface area contributed by atoms with E-state index in [1.165, 1.54) is 43.6 Å². The van der Waals surface area contributed by atoms with Gasteiger partial charge in [-0.05, 0) is 47.8 Å². The second kappa shape index (κ2) is 5.31. The van der Waals surface area contributed by atoms with Crippen LogP contribution in [0.2, 0.25) is 0 Å². The molecule has 2 heteroatoms. The second-order valence-electron chi connectivity index (χ2n) is 7.97. The molecule has 0 unspecified atom stereocenters. The van der Waals surface area contributed by atoms with Crippen LogP contribution in [0.5, 0.6) is 0 Å². The molecule has 2 nitrogen and oxygen atoms in total. The Balaban J connectivity index is 1.56. The summed E-state index contributed by atoms with van der Waals surface area (Å²) in [5.74, 6) is 0. The number of nitrogens with zero attached hydrogens (tertiary/aromatic N) is 1. The van der Waals surface area contributed by atoms with Gasteiger partial charge in [0.1, 0.15) is 0 Å². The van der Waals surface area contributed by atoms with E-state index in [1.807, 2.05) is 0 Å². The molecule has 1 N–H and O–H groups in total. The maximum Gasteiger partial charge on any atom is 0.0366 e. The van der Waals surface area contributed by atoms with Gasteiger partial charge in [0.05, 0.1) is 0 Å². The van der Waals surface area contributed by atoms with Gasteiger partial charge in [-0.1, -0.05) is 39.8 Å². The van der Waals surface area contributed by atoms with E-state index >= 15 is 0 Å². The lowest BCUT2D eigenvalue weighted by atomic mass is 10.0. The zero-order chi connectivity index (χ0) is 15.1. The number of anilines is 1. The average molecular weight is 286 g/mol. The first-order valence-corrected chi connectivity index (χ1v) is 8.50. The highest BCUT2D eigenvalue weighted by Gasteiger charge is 2.64. The summed E-state index contributed by atoms with van der Waals surface area (Å²) in [5, 5.41) is 3.74. The van der Waals surface area contributed by atoms with Crippen molar-refractivity contribution in [1.82, 2.24) is 5.32 Å². The van der Waals surface area contributed by atoms with Crippen LogP contribution in [0.3, 0.4) is 0 Å². The van der Waals surface area contributed by atoms with Crippen molar-refractivity contribution in [2.45, 2.75) is 59.5 Å². The number of benzene rings is 1. The molecule has 1 saturated carbocycles. The highest BCUT2D eigenvalue weighted by Crippen LogP contribution is 2.62. The van der Waals surface area contributed by atoms with Gasteiger partial charge in [0.25, 0.3) is 0 Å². The number of nitrogens with one attached hydrogen (secondary N) is 1. The third-order valence-corrected chi connectivity index (χ3v) is 6.19. The van der Waals surface area contributed by atoms with Gasteiger partial charge in [-0.25, -0.2) is 0 Å². The molecule has 1 heterocycles. The van der Waals surface area contributed by atoms with E-state index < -0.39 is 0 Å². The van der Waals surface area contributed by atoms with Gasteiger partial charge in [-0.15, -0.1) is 0 Å². The summed E-state index contributed by atoms with van der Waals surface area (Å²) in [6.07, 6.45) is 4.08. The van der Waals surface area contributed by atoms with Crippen LogP contribution in [0, 0.1) is 10.8 Å². The third kappa shape index (κ3) is 2.70. The molecule has 0 aromatic heterocycles. The molecular formula is C19H30N2. The van der Waals surface area contributed by atoms with Gasteiger partial charge in [-0.3, -0.25) is 0 Å². The van der Waals surface area contributed by atoms with Gasteiger partial charge < -0.3 is 10.2 Å². The standard InChI is InChI=1S/C19H30N2/c1-18(2)17(19(18,3)4)20-14-15-8-10-16(11-9-15)21-12-6-5-7-13-21/h8-11,17,20H,5-7,12-14H2,1-4H3. The minimum atomic E-state index is 0.417. The molecule has 21 heavy (non-hydrogen) atoms. The zero-order valence-corrected chi connectivity index (χ0v) is 14.1. The highest BCUT2D eigenvalue weighted by atomic mass is 15.1. The Morgan fingerprint density at radius 1 is 0.952 bits per heavy atom. The molecule has 1 aliphatic heterocycles. The van der Waals surface area contributed by atoms with E-state index in [9.17, 15) is 0 Å². The fraction of sp³-hybridized carbons (Fsp3) is 0.684. The Kier molecular flexibility index (Phi) is 3.77. The quantitative estimate of drug-likeness (QED) is 0.892. The predicted octanol–water partition coefficient (Wildman–Crippen LogP) is 4.20. The summed E-state index contributed by atoms with van der Waals surface area (Å²) in [4.78, 5) is 2.52. The van der Waals surface area contributed by atoms with Gasteiger partial charge in [0.15, 0.2) is 0 Å². The number of hydrogen-bond donors (Lipinski definition) is 1. The first-order chi connectivity index (χ1) is 9.93. The Hall–Kier alpha value is -1.02. The average Bonchev–Trinajstić information content (AvgIpc) is 2.88. The van der Waals surface area contributed by atoms with Gasteiger partial charge >= 0.3 is 0 Å². The van der Waals surface area contributed by atoms with Crippen molar-refractivity contribution in [2.75, 3.05) is 18.0 Å². The molecule has 0 bridgehead atoms. The molecule has 116 valence electrons. The van der Waals surface area contributed by atoms with Crippen molar-refractivity contribution >= 4 is 5.69 Å². The Bertz CT molecular complexity index is 467. The van der Waals surface area contributed by atoms with Crippen LogP contribution in [-0.2, 0) is 6.54 Å². The van der Waals surface area contributed by atoms with Crippen LogP contribution in [-0.4, -0.2) is 19.1 Å². The van der Waals surface area contributed by atoms with Crippen molar-refractivity contribution in [1.29, 1.82) is 0 Å². The van der Waals surface area contributed by atoms with Gasteiger partial charge in [0, 0.05) is 31.4 Å². The Labute approximate surface area is 129 Å². The minimum absolute atomic E-state index is 0.417. The minimum Gasteiger partial charge on any atom is -0.372 e. The van der Waals surface area contributed by atoms with E-state index in [0.717, 1.165) is 6.54 Å². The third-order valence-electron chi connectivity index (χ3n) is 6.19.